The number of carbonyl (C=O) groups excluding carboxylic acids is 1. The molecule has 0 spiro atoms. The van der Waals surface area contributed by atoms with Crippen molar-refractivity contribution in [3.8, 4) is 5.75 Å². The predicted molar refractivity (Wildman–Crippen MR) is 149 cm³/mol. The maximum Gasteiger partial charge on any atom is 0.405 e. The van der Waals surface area contributed by atoms with Crippen molar-refractivity contribution in [3.05, 3.63) is 54.1 Å². The van der Waals surface area contributed by atoms with Gasteiger partial charge in [-0.1, -0.05) is 71.9 Å². The van der Waals surface area contributed by atoms with Gasteiger partial charge in [-0.15, -0.1) is 0 Å². The first-order chi connectivity index (χ1) is 17.6. The van der Waals surface area contributed by atoms with Crippen molar-refractivity contribution >= 4 is 27.7 Å². The molecule has 2 aromatic rings. The molecular formula is C28H41N3O6S. The van der Waals surface area contributed by atoms with E-state index in [-0.39, 0.29) is 41.3 Å². The number of hydrogen-bond acceptors (Lipinski definition) is 5. The van der Waals surface area contributed by atoms with Crippen LogP contribution in [-0.4, -0.2) is 49.8 Å². The van der Waals surface area contributed by atoms with Crippen LogP contribution in [0.15, 0.2) is 53.4 Å². The summed E-state index contributed by atoms with van der Waals surface area (Å²) in [7, 11) is -3.91. The Balaban J connectivity index is 2.26. The Morgan fingerprint density at radius 3 is 2.18 bits per heavy atom. The number of para-hydroxylation sites is 1. The molecule has 0 unspecified atom stereocenters. The number of nitrogens with zero attached hydrogens (tertiary/aromatic N) is 1. The largest absolute Gasteiger partial charge is 0.505 e. The Bertz CT molecular complexity index is 1190. The second kappa shape index (κ2) is 13.0. The predicted octanol–water partition coefficient (Wildman–Crippen LogP) is 4.61. The topological polar surface area (TPSA) is 136 Å². The highest BCUT2D eigenvalue weighted by atomic mass is 32.2. The zero-order valence-electron chi connectivity index (χ0n) is 23.1. The molecule has 210 valence electrons. The number of aromatic hydroxyl groups is 1. The summed E-state index contributed by atoms with van der Waals surface area (Å²) in [5.41, 5.74) is 0.141. The number of phenols is 1. The molecule has 2 amide bonds. The third kappa shape index (κ3) is 8.37. The first-order valence-electron chi connectivity index (χ1n) is 12.8. The van der Waals surface area contributed by atoms with Gasteiger partial charge in [0.25, 0.3) is 10.0 Å². The van der Waals surface area contributed by atoms with Gasteiger partial charge in [-0.3, -0.25) is 9.10 Å². The van der Waals surface area contributed by atoms with Crippen LogP contribution in [0.2, 0.25) is 0 Å². The first kappa shape index (κ1) is 31.0. The molecule has 2 rings (SSSR count). The second-order valence-electron chi connectivity index (χ2n) is 11.2. The number of carbonyl (C=O) groups is 2. The quantitative estimate of drug-likeness (QED) is 0.306. The third-order valence-electron chi connectivity index (χ3n) is 6.20. The van der Waals surface area contributed by atoms with Gasteiger partial charge >= 0.3 is 6.09 Å². The van der Waals surface area contributed by atoms with Crippen LogP contribution in [0.5, 0.6) is 5.75 Å². The van der Waals surface area contributed by atoms with E-state index in [1.165, 1.54) is 16.4 Å². The summed E-state index contributed by atoms with van der Waals surface area (Å²) < 4.78 is 28.4. The summed E-state index contributed by atoms with van der Waals surface area (Å²) >= 11 is 0. The van der Waals surface area contributed by atoms with Gasteiger partial charge in [-0.2, -0.15) is 0 Å². The summed E-state index contributed by atoms with van der Waals surface area (Å²) in [4.78, 5) is 24.0. The zero-order valence-corrected chi connectivity index (χ0v) is 23.9. The minimum absolute atomic E-state index is 0.117. The lowest BCUT2D eigenvalue weighted by Crippen LogP contribution is -2.53. The second-order valence-corrected chi connectivity index (χ2v) is 13.0. The first-order valence-corrected chi connectivity index (χ1v) is 14.2. The smallest absolute Gasteiger partial charge is 0.405 e. The van der Waals surface area contributed by atoms with E-state index in [4.69, 9.17) is 5.11 Å². The average molecular weight is 548 g/mol. The van der Waals surface area contributed by atoms with Crippen LogP contribution >= 0.6 is 0 Å². The lowest BCUT2D eigenvalue weighted by atomic mass is 9.86. The minimum atomic E-state index is -3.91. The normalized spacial score (nSPS) is 13.6. The fourth-order valence-electron chi connectivity index (χ4n) is 4.03. The van der Waals surface area contributed by atoms with Crippen molar-refractivity contribution in [2.75, 3.05) is 17.4 Å². The number of sulfonamides is 1. The lowest BCUT2D eigenvalue weighted by Gasteiger charge is -2.29. The molecule has 0 saturated carbocycles. The van der Waals surface area contributed by atoms with Crippen LogP contribution in [-0.2, 0) is 21.2 Å². The van der Waals surface area contributed by atoms with E-state index in [0.29, 0.717) is 18.4 Å². The number of hydrogen-bond donors (Lipinski definition) is 4. The van der Waals surface area contributed by atoms with Gasteiger partial charge in [0.1, 0.15) is 11.8 Å². The van der Waals surface area contributed by atoms with Gasteiger partial charge in [0.15, 0.2) is 0 Å². The van der Waals surface area contributed by atoms with Crippen LogP contribution in [0.1, 0.15) is 53.5 Å². The summed E-state index contributed by atoms with van der Waals surface area (Å²) in [5.74, 6) is -0.419. The lowest BCUT2D eigenvalue weighted by molar-refractivity contribution is -0.125. The van der Waals surface area contributed by atoms with Gasteiger partial charge in [-0.25, -0.2) is 13.2 Å². The minimum Gasteiger partial charge on any atom is -0.505 e. The standard InChI is InChI=1S/C28H41N3O6S/c1-19(2)15-16-31(38(36,37)22-12-8-7-9-13-22)23-14-10-11-21(24(23)32)17-20(3)18-29-26(33)25(28(4,5)6)30-27(34)35/h7-14,19-20,25,30,32H,15-18H2,1-6H3,(H,29,33)(H,34,35)/t20-,25-/m1/s1. The van der Waals surface area contributed by atoms with Crippen molar-refractivity contribution in [1.82, 2.24) is 10.6 Å². The fourth-order valence-corrected chi connectivity index (χ4v) is 5.54. The summed E-state index contributed by atoms with van der Waals surface area (Å²) in [6.45, 7) is 11.7. The highest BCUT2D eigenvalue weighted by Gasteiger charge is 2.33. The molecule has 0 aliphatic carbocycles. The molecule has 0 bridgehead atoms. The monoisotopic (exact) mass is 547 g/mol. The van der Waals surface area contributed by atoms with Gasteiger partial charge in [-0.05, 0) is 53.9 Å². The molecular weight excluding hydrogens is 506 g/mol. The maximum atomic E-state index is 13.5. The SMILES string of the molecule is CC(C)CCN(c1cccc(C[C@@H](C)CNC(=O)[C@@H](NC(=O)O)C(C)(C)C)c1O)S(=O)(=O)c1ccccc1. The Labute approximate surface area is 226 Å². The Kier molecular flexibility index (Phi) is 10.6. The van der Waals surface area contributed by atoms with Crippen LogP contribution in [0.3, 0.4) is 0 Å². The van der Waals surface area contributed by atoms with E-state index in [2.05, 4.69) is 10.6 Å². The number of phenolic OH excluding ortho intramolecular Hbond substituents is 1. The highest BCUT2D eigenvalue weighted by Crippen LogP contribution is 2.36. The van der Waals surface area contributed by atoms with Gasteiger partial charge in [0, 0.05) is 13.1 Å². The van der Waals surface area contributed by atoms with E-state index in [0.717, 1.165) is 0 Å². The van der Waals surface area contributed by atoms with E-state index in [9.17, 15) is 23.1 Å². The van der Waals surface area contributed by atoms with Crippen molar-refractivity contribution in [3.63, 3.8) is 0 Å². The van der Waals surface area contributed by atoms with E-state index in [1.54, 1.807) is 57.2 Å². The summed E-state index contributed by atoms with van der Waals surface area (Å²) in [5, 5.41) is 25.4. The van der Waals surface area contributed by atoms with Gasteiger partial charge in [0.05, 0.1) is 10.6 Å². The number of anilines is 1. The molecule has 10 heteroatoms. The Morgan fingerprint density at radius 1 is 1.00 bits per heavy atom. The van der Waals surface area contributed by atoms with Crippen LogP contribution in [0.4, 0.5) is 10.5 Å². The number of rotatable bonds is 12. The molecule has 2 aromatic carbocycles. The average Bonchev–Trinajstić information content (AvgIpc) is 2.82. The summed E-state index contributed by atoms with van der Waals surface area (Å²) in [6.07, 6.45) is -0.296. The number of nitrogens with one attached hydrogen (secondary N) is 2. The Hall–Kier alpha value is -3.27. The zero-order chi connectivity index (χ0) is 28.7. The summed E-state index contributed by atoms with van der Waals surface area (Å²) in [6, 6.07) is 12.3. The molecule has 38 heavy (non-hydrogen) atoms. The van der Waals surface area contributed by atoms with Crippen LogP contribution in [0.25, 0.3) is 0 Å². The molecule has 0 radical (unpaired) electrons. The van der Waals surface area contributed by atoms with Gasteiger partial charge < -0.3 is 20.8 Å². The number of carboxylic acid groups (broad SMARTS) is 1. The molecule has 0 aliphatic rings. The highest BCUT2D eigenvalue weighted by molar-refractivity contribution is 7.92. The van der Waals surface area contributed by atoms with E-state index < -0.39 is 33.5 Å². The molecule has 0 aromatic heterocycles. The molecule has 2 atom stereocenters. The molecule has 0 fully saturated rings. The van der Waals surface area contributed by atoms with Gasteiger partial charge in [0.2, 0.25) is 5.91 Å². The fraction of sp³-hybridized carbons (Fsp3) is 0.500. The molecule has 9 nitrogen and oxygen atoms in total. The molecule has 4 N–H and O–H groups in total. The molecule has 0 aliphatic heterocycles. The maximum absolute atomic E-state index is 13.5. The van der Waals surface area contributed by atoms with Crippen LogP contribution in [0, 0.1) is 17.3 Å². The van der Waals surface area contributed by atoms with Crippen molar-refractivity contribution in [1.29, 1.82) is 0 Å². The van der Waals surface area contributed by atoms with Crippen LogP contribution < -0.4 is 14.9 Å². The number of benzene rings is 2. The van der Waals surface area contributed by atoms with Crippen molar-refractivity contribution < 1.29 is 28.2 Å². The van der Waals surface area contributed by atoms with E-state index in [1.807, 2.05) is 20.8 Å². The molecule has 0 saturated heterocycles. The Morgan fingerprint density at radius 2 is 1.63 bits per heavy atom. The van der Waals surface area contributed by atoms with Crippen molar-refractivity contribution in [2.45, 2.75) is 65.3 Å². The van der Waals surface area contributed by atoms with E-state index >= 15 is 0 Å². The molecule has 0 heterocycles. The number of amides is 2. The van der Waals surface area contributed by atoms with Crippen molar-refractivity contribution in [2.24, 2.45) is 17.3 Å². The third-order valence-corrected chi connectivity index (χ3v) is 8.02.